The van der Waals surface area contributed by atoms with E-state index in [0.29, 0.717) is 12.2 Å². The SMILES string of the molecule is O=C(N[C@H](c1ccccn1)C1CCN(Cc2ccccc2F)CC1)c1ccccn1. The molecule has 0 aliphatic carbocycles. The Hall–Kier alpha value is -3.12. The van der Waals surface area contributed by atoms with Crippen LogP contribution in [-0.4, -0.2) is 33.9 Å². The summed E-state index contributed by atoms with van der Waals surface area (Å²) in [5.74, 6) is -0.0990. The zero-order chi connectivity index (χ0) is 20.8. The number of rotatable bonds is 6. The molecule has 154 valence electrons. The molecule has 1 aliphatic heterocycles. The Balaban J connectivity index is 1.44. The van der Waals surface area contributed by atoms with Crippen LogP contribution >= 0.6 is 0 Å². The molecule has 0 unspecified atom stereocenters. The summed E-state index contributed by atoms with van der Waals surface area (Å²) < 4.78 is 14.0. The molecule has 3 aromatic rings. The first-order valence-corrected chi connectivity index (χ1v) is 10.3. The number of hydrogen-bond acceptors (Lipinski definition) is 4. The maximum absolute atomic E-state index is 14.0. The average Bonchev–Trinajstić information content (AvgIpc) is 2.81. The van der Waals surface area contributed by atoms with E-state index in [4.69, 9.17) is 0 Å². The van der Waals surface area contributed by atoms with Crippen LogP contribution in [0.1, 0.15) is 40.6 Å². The number of nitrogens with one attached hydrogen (secondary N) is 1. The zero-order valence-corrected chi connectivity index (χ0v) is 16.7. The van der Waals surface area contributed by atoms with E-state index in [1.165, 1.54) is 6.07 Å². The van der Waals surface area contributed by atoms with Crippen molar-refractivity contribution in [2.75, 3.05) is 13.1 Å². The van der Waals surface area contributed by atoms with Gasteiger partial charge in [0.2, 0.25) is 0 Å². The number of pyridine rings is 2. The molecule has 4 rings (SSSR count). The summed E-state index contributed by atoms with van der Waals surface area (Å²) in [5.41, 5.74) is 1.98. The molecule has 0 saturated carbocycles. The Morgan fingerprint density at radius 2 is 1.70 bits per heavy atom. The number of benzene rings is 1. The average molecular weight is 404 g/mol. The molecule has 1 amide bonds. The van der Waals surface area contributed by atoms with Crippen molar-refractivity contribution in [2.45, 2.75) is 25.4 Å². The van der Waals surface area contributed by atoms with E-state index in [2.05, 4.69) is 20.2 Å². The fraction of sp³-hybridized carbons (Fsp3) is 0.292. The molecule has 30 heavy (non-hydrogen) atoms. The third kappa shape index (κ3) is 4.89. The standard InChI is InChI=1S/C24H25FN4O/c25-20-8-2-1-7-19(20)17-29-15-11-18(12-16-29)23(21-9-3-5-13-26-21)28-24(30)22-10-4-6-14-27-22/h1-10,13-14,18,23H,11-12,15-17H2,(H,28,30)/t23-/m0/s1. The molecule has 0 bridgehead atoms. The molecule has 1 aromatic carbocycles. The highest BCUT2D eigenvalue weighted by atomic mass is 19.1. The second-order valence-corrected chi connectivity index (χ2v) is 7.63. The van der Waals surface area contributed by atoms with Crippen LogP contribution in [0.25, 0.3) is 0 Å². The van der Waals surface area contributed by atoms with E-state index >= 15 is 0 Å². The van der Waals surface area contributed by atoms with Gasteiger partial charge < -0.3 is 5.32 Å². The van der Waals surface area contributed by atoms with Gasteiger partial charge in [0.1, 0.15) is 11.5 Å². The Kier molecular flexibility index (Phi) is 6.44. The van der Waals surface area contributed by atoms with Gasteiger partial charge in [0.05, 0.1) is 11.7 Å². The van der Waals surface area contributed by atoms with Crippen molar-refractivity contribution < 1.29 is 9.18 Å². The van der Waals surface area contributed by atoms with Gasteiger partial charge in [0, 0.05) is 24.5 Å². The minimum Gasteiger partial charge on any atom is -0.342 e. The van der Waals surface area contributed by atoms with Crippen LogP contribution in [0.2, 0.25) is 0 Å². The number of likely N-dealkylation sites (tertiary alicyclic amines) is 1. The molecule has 0 spiro atoms. The maximum atomic E-state index is 14.0. The predicted octanol–water partition coefficient (Wildman–Crippen LogP) is 4.00. The summed E-state index contributed by atoms with van der Waals surface area (Å²) in [5, 5.41) is 3.15. The molecule has 1 aliphatic rings. The normalized spacial score (nSPS) is 16.2. The van der Waals surface area contributed by atoms with Gasteiger partial charge in [-0.2, -0.15) is 0 Å². The summed E-state index contributed by atoms with van der Waals surface area (Å²) in [6.45, 7) is 2.30. The highest BCUT2D eigenvalue weighted by Gasteiger charge is 2.30. The lowest BCUT2D eigenvalue weighted by Gasteiger charge is -2.36. The van der Waals surface area contributed by atoms with Gasteiger partial charge in [-0.1, -0.05) is 30.3 Å². The van der Waals surface area contributed by atoms with Crippen LogP contribution in [0.4, 0.5) is 4.39 Å². The fourth-order valence-electron chi connectivity index (χ4n) is 4.02. The smallest absolute Gasteiger partial charge is 0.270 e. The van der Waals surface area contributed by atoms with E-state index in [1.54, 1.807) is 36.7 Å². The van der Waals surface area contributed by atoms with Crippen LogP contribution in [0.15, 0.2) is 73.1 Å². The first kappa shape index (κ1) is 20.2. The quantitative estimate of drug-likeness (QED) is 0.675. The molecule has 3 heterocycles. The summed E-state index contributed by atoms with van der Waals surface area (Å²) in [4.78, 5) is 23.7. The molecular formula is C24H25FN4O. The van der Waals surface area contributed by atoms with Crippen molar-refractivity contribution in [3.63, 3.8) is 0 Å². The van der Waals surface area contributed by atoms with E-state index in [1.807, 2.05) is 30.3 Å². The van der Waals surface area contributed by atoms with E-state index < -0.39 is 0 Å². The highest BCUT2D eigenvalue weighted by Crippen LogP contribution is 2.31. The maximum Gasteiger partial charge on any atom is 0.270 e. The number of hydrogen-bond donors (Lipinski definition) is 1. The van der Waals surface area contributed by atoms with Gasteiger partial charge in [-0.3, -0.25) is 19.7 Å². The summed E-state index contributed by atoms with van der Waals surface area (Å²) in [7, 11) is 0. The lowest BCUT2D eigenvalue weighted by molar-refractivity contribution is 0.0883. The summed E-state index contributed by atoms with van der Waals surface area (Å²) >= 11 is 0. The van der Waals surface area contributed by atoms with Crippen molar-refractivity contribution >= 4 is 5.91 Å². The van der Waals surface area contributed by atoms with E-state index in [-0.39, 0.29) is 23.7 Å². The van der Waals surface area contributed by atoms with E-state index in [0.717, 1.165) is 37.2 Å². The number of amides is 1. The second-order valence-electron chi connectivity index (χ2n) is 7.63. The van der Waals surface area contributed by atoms with Crippen molar-refractivity contribution in [3.8, 4) is 0 Å². The minimum atomic E-state index is -0.194. The predicted molar refractivity (Wildman–Crippen MR) is 113 cm³/mol. The molecule has 5 nitrogen and oxygen atoms in total. The molecule has 2 aromatic heterocycles. The molecule has 0 radical (unpaired) electrons. The van der Waals surface area contributed by atoms with Crippen LogP contribution < -0.4 is 5.32 Å². The molecule has 1 saturated heterocycles. The molecule has 1 atom stereocenters. The minimum absolute atomic E-state index is 0.159. The number of piperidine rings is 1. The Bertz CT molecular complexity index is 959. The number of carbonyl (C=O) groups is 1. The first-order valence-electron chi connectivity index (χ1n) is 10.3. The molecule has 1 N–H and O–H groups in total. The Morgan fingerprint density at radius 1 is 1.00 bits per heavy atom. The van der Waals surface area contributed by atoms with Gasteiger partial charge in [0.15, 0.2) is 0 Å². The van der Waals surface area contributed by atoms with Crippen molar-refractivity contribution in [3.05, 3.63) is 95.8 Å². The Labute approximate surface area is 176 Å². The van der Waals surface area contributed by atoms with Crippen molar-refractivity contribution in [2.24, 2.45) is 5.92 Å². The van der Waals surface area contributed by atoms with E-state index in [9.17, 15) is 9.18 Å². The number of nitrogens with zero attached hydrogens (tertiary/aromatic N) is 3. The third-order valence-corrected chi connectivity index (χ3v) is 5.65. The molecule has 6 heteroatoms. The molecule has 1 fully saturated rings. The summed E-state index contributed by atoms with van der Waals surface area (Å²) in [6, 6.07) is 17.8. The van der Waals surface area contributed by atoms with Gasteiger partial charge in [0.25, 0.3) is 5.91 Å². The highest BCUT2D eigenvalue weighted by molar-refractivity contribution is 5.92. The second kappa shape index (κ2) is 9.59. The number of carbonyl (C=O) groups excluding carboxylic acids is 1. The summed E-state index contributed by atoms with van der Waals surface area (Å²) in [6.07, 6.45) is 5.17. The van der Waals surface area contributed by atoms with Gasteiger partial charge >= 0.3 is 0 Å². The van der Waals surface area contributed by atoms with Gasteiger partial charge in [-0.25, -0.2) is 4.39 Å². The number of halogens is 1. The van der Waals surface area contributed by atoms with Gasteiger partial charge in [-0.15, -0.1) is 0 Å². The van der Waals surface area contributed by atoms with Crippen molar-refractivity contribution in [1.29, 1.82) is 0 Å². The fourth-order valence-corrected chi connectivity index (χ4v) is 4.02. The van der Waals surface area contributed by atoms with Crippen LogP contribution in [0, 0.1) is 11.7 Å². The largest absolute Gasteiger partial charge is 0.342 e. The third-order valence-electron chi connectivity index (χ3n) is 5.65. The zero-order valence-electron chi connectivity index (χ0n) is 16.7. The Morgan fingerprint density at radius 3 is 2.37 bits per heavy atom. The first-order chi connectivity index (χ1) is 14.7. The van der Waals surface area contributed by atoms with Gasteiger partial charge in [-0.05, 0) is 62.2 Å². The topological polar surface area (TPSA) is 58.1 Å². The lowest BCUT2D eigenvalue weighted by atomic mass is 9.87. The van der Waals surface area contributed by atoms with Crippen LogP contribution in [-0.2, 0) is 6.54 Å². The van der Waals surface area contributed by atoms with Crippen LogP contribution in [0.5, 0.6) is 0 Å². The molecular weight excluding hydrogens is 379 g/mol. The van der Waals surface area contributed by atoms with Crippen LogP contribution in [0.3, 0.4) is 0 Å². The lowest BCUT2D eigenvalue weighted by Crippen LogP contribution is -2.41. The van der Waals surface area contributed by atoms with Crippen molar-refractivity contribution in [1.82, 2.24) is 20.2 Å². The number of aromatic nitrogens is 2. The monoisotopic (exact) mass is 404 g/mol.